The van der Waals surface area contributed by atoms with Gasteiger partial charge in [0.15, 0.2) is 6.61 Å². The Morgan fingerprint density at radius 2 is 1.92 bits per heavy atom. The molecule has 1 amide bonds. The van der Waals surface area contributed by atoms with Crippen molar-refractivity contribution in [3.63, 3.8) is 0 Å². The third-order valence-corrected chi connectivity index (χ3v) is 3.43. The van der Waals surface area contributed by atoms with Gasteiger partial charge in [0, 0.05) is 17.3 Å². The third-order valence-electron chi connectivity index (χ3n) is 3.11. The normalized spacial score (nSPS) is 10.5. The number of ether oxygens (including phenoxy) is 2. The first kappa shape index (κ1) is 18.5. The van der Waals surface area contributed by atoms with Crippen LogP contribution in [0.3, 0.4) is 0 Å². The second-order valence-electron chi connectivity index (χ2n) is 4.85. The smallest absolute Gasteiger partial charge is 0.331 e. The van der Waals surface area contributed by atoms with Gasteiger partial charge in [-0.3, -0.25) is 4.79 Å². The first-order valence-electron chi connectivity index (χ1n) is 7.22. The van der Waals surface area contributed by atoms with Crippen LogP contribution in [0, 0.1) is 5.82 Å². The van der Waals surface area contributed by atoms with Crippen molar-refractivity contribution in [2.45, 2.75) is 0 Å². The Hall–Kier alpha value is -2.86. The SMILES string of the molecule is COc1ccc(NC(=O)COC(=O)/C=C/c2c(F)cccc2Cl)cc1. The van der Waals surface area contributed by atoms with E-state index in [-0.39, 0.29) is 10.6 Å². The van der Waals surface area contributed by atoms with Gasteiger partial charge in [0.2, 0.25) is 0 Å². The zero-order valence-electron chi connectivity index (χ0n) is 13.3. The summed E-state index contributed by atoms with van der Waals surface area (Å²) >= 11 is 5.84. The van der Waals surface area contributed by atoms with Crippen molar-refractivity contribution in [1.29, 1.82) is 0 Å². The standard InChI is InChI=1S/C18H15ClFNO4/c1-24-13-7-5-12(6-8-13)21-17(22)11-25-18(23)10-9-14-15(19)3-2-4-16(14)20/h2-10H,11H2,1H3,(H,21,22)/b10-9+. The molecule has 7 heteroatoms. The van der Waals surface area contributed by atoms with Gasteiger partial charge in [-0.15, -0.1) is 0 Å². The van der Waals surface area contributed by atoms with Crippen LogP contribution in [0.1, 0.15) is 5.56 Å². The maximum absolute atomic E-state index is 13.6. The highest BCUT2D eigenvalue weighted by molar-refractivity contribution is 6.32. The summed E-state index contributed by atoms with van der Waals surface area (Å²) in [5, 5.41) is 2.73. The van der Waals surface area contributed by atoms with Gasteiger partial charge in [-0.05, 0) is 42.5 Å². The zero-order valence-corrected chi connectivity index (χ0v) is 14.0. The summed E-state index contributed by atoms with van der Waals surface area (Å²) in [7, 11) is 1.54. The van der Waals surface area contributed by atoms with Crippen LogP contribution in [0.25, 0.3) is 6.08 Å². The Kier molecular flexibility index (Phi) is 6.54. The van der Waals surface area contributed by atoms with Gasteiger partial charge in [-0.2, -0.15) is 0 Å². The summed E-state index contributed by atoms with van der Waals surface area (Å²) in [6.07, 6.45) is 2.20. The lowest BCUT2D eigenvalue weighted by atomic mass is 10.2. The molecule has 130 valence electrons. The summed E-state index contributed by atoms with van der Waals surface area (Å²) in [6, 6.07) is 10.8. The van der Waals surface area contributed by atoms with Crippen LogP contribution >= 0.6 is 11.6 Å². The fraction of sp³-hybridized carbons (Fsp3) is 0.111. The van der Waals surface area contributed by atoms with Crippen LogP contribution in [0.2, 0.25) is 5.02 Å². The van der Waals surface area contributed by atoms with Crippen molar-refractivity contribution in [3.05, 3.63) is 64.9 Å². The van der Waals surface area contributed by atoms with Gasteiger partial charge in [-0.1, -0.05) is 17.7 Å². The number of amides is 1. The van der Waals surface area contributed by atoms with Crippen LogP contribution in [0.4, 0.5) is 10.1 Å². The van der Waals surface area contributed by atoms with E-state index in [1.165, 1.54) is 31.4 Å². The van der Waals surface area contributed by atoms with Crippen LogP contribution in [-0.4, -0.2) is 25.6 Å². The molecule has 0 bridgehead atoms. The number of hydrogen-bond acceptors (Lipinski definition) is 4. The summed E-state index contributed by atoms with van der Waals surface area (Å²) in [5.74, 6) is -1.20. The highest BCUT2D eigenvalue weighted by Crippen LogP contribution is 2.20. The average molecular weight is 364 g/mol. The molecule has 0 aromatic heterocycles. The number of carbonyl (C=O) groups is 2. The summed E-state index contributed by atoms with van der Waals surface area (Å²) in [4.78, 5) is 23.3. The van der Waals surface area contributed by atoms with E-state index < -0.39 is 24.3 Å². The summed E-state index contributed by atoms with van der Waals surface area (Å²) in [6.45, 7) is -0.472. The Balaban J connectivity index is 1.84. The van der Waals surface area contributed by atoms with E-state index in [2.05, 4.69) is 5.32 Å². The number of nitrogens with one attached hydrogen (secondary N) is 1. The molecule has 0 radical (unpaired) electrons. The lowest BCUT2D eigenvalue weighted by Crippen LogP contribution is -2.20. The number of carbonyl (C=O) groups excluding carboxylic acids is 2. The van der Waals surface area contributed by atoms with E-state index in [1.807, 2.05) is 0 Å². The lowest BCUT2D eigenvalue weighted by molar-refractivity contribution is -0.142. The molecule has 0 spiro atoms. The first-order valence-corrected chi connectivity index (χ1v) is 7.60. The van der Waals surface area contributed by atoms with Gasteiger partial charge in [-0.25, -0.2) is 9.18 Å². The predicted octanol–water partition coefficient (Wildman–Crippen LogP) is 3.68. The first-order chi connectivity index (χ1) is 12.0. The Morgan fingerprint density at radius 1 is 1.20 bits per heavy atom. The molecule has 0 aliphatic heterocycles. The van der Waals surface area contributed by atoms with Crippen molar-refractivity contribution >= 4 is 35.2 Å². The van der Waals surface area contributed by atoms with Crippen molar-refractivity contribution in [2.75, 3.05) is 19.0 Å². The number of halogens is 2. The third kappa shape index (κ3) is 5.61. The molecule has 25 heavy (non-hydrogen) atoms. The second kappa shape index (κ2) is 8.84. The zero-order chi connectivity index (χ0) is 18.2. The number of methoxy groups -OCH3 is 1. The fourth-order valence-electron chi connectivity index (χ4n) is 1.88. The number of rotatable bonds is 6. The highest BCUT2D eigenvalue weighted by atomic mass is 35.5. The molecule has 0 aliphatic rings. The van der Waals surface area contributed by atoms with E-state index in [1.54, 1.807) is 24.3 Å². The maximum Gasteiger partial charge on any atom is 0.331 e. The minimum atomic E-state index is -0.788. The molecule has 2 aromatic carbocycles. The molecule has 0 unspecified atom stereocenters. The minimum Gasteiger partial charge on any atom is -0.497 e. The molecule has 1 N–H and O–H groups in total. The molecule has 0 saturated heterocycles. The van der Waals surface area contributed by atoms with Gasteiger partial charge >= 0.3 is 5.97 Å². The van der Waals surface area contributed by atoms with Crippen LogP contribution in [-0.2, 0) is 14.3 Å². The van der Waals surface area contributed by atoms with Crippen molar-refractivity contribution in [2.24, 2.45) is 0 Å². The van der Waals surface area contributed by atoms with Gasteiger partial charge < -0.3 is 14.8 Å². The summed E-state index contributed by atoms with van der Waals surface area (Å²) < 4.78 is 23.4. The van der Waals surface area contributed by atoms with Crippen LogP contribution < -0.4 is 10.1 Å². The number of esters is 1. The van der Waals surface area contributed by atoms with E-state index in [4.69, 9.17) is 21.1 Å². The molecular weight excluding hydrogens is 349 g/mol. The van der Waals surface area contributed by atoms with E-state index in [0.29, 0.717) is 11.4 Å². The van der Waals surface area contributed by atoms with Crippen molar-refractivity contribution in [3.8, 4) is 5.75 Å². The molecule has 0 saturated carbocycles. The Morgan fingerprint density at radius 3 is 2.56 bits per heavy atom. The van der Waals surface area contributed by atoms with E-state index in [0.717, 1.165) is 6.08 Å². The molecular formula is C18H15ClFNO4. The predicted molar refractivity (Wildman–Crippen MR) is 93.0 cm³/mol. The van der Waals surface area contributed by atoms with E-state index >= 15 is 0 Å². The Bertz CT molecular complexity index is 770. The molecule has 0 atom stereocenters. The molecule has 0 heterocycles. The fourth-order valence-corrected chi connectivity index (χ4v) is 2.10. The molecule has 2 aromatic rings. The molecule has 0 fully saturated rings. The highest BCUT2D eigenvalue weighted by Gasteiger charge is 2.07. The van der Waals surface area contributed by atoms with Crippen LogP contribution in [0.15, 0.2) is 48.5 Å². The number of anilines is 1. The monoisotopic (exact) mass is 363 g/mol. The van der Waals surface area contributed by atoms with Gasteiger partial charge in [0.25, 0.3) is 5.91 Å². The molecule has 2 rings (SSSR count). The van der Waals surface area contributed by atoms with Crippen LogP contribution in [0.5, 0.6) is 5.75 Å². The Labute approximate surface area is 149 Å². The average Bonchev–Trinajstić information content (AvgIpc) is 2.60. The quantitative estimate of drug-likeness (QED) is 0.628. The second-order valence-corrected chi connectivity index (χ2v) is 5.26. The topological polar surface area (TPSA) is 64.6 Å². The lowest BCUT2D eigenvalue weighted by Gasteiger charge is -2.06. The number of benzene rings is 2. The van der Waals surface area contributed by atoms with Gasteiger partial charge in [0.05, 0.1) is 12.1 Å². The minimum absolute atomic E-state index is 0.0730. The molecule has 0 aliphatic carbocycles. The van der Waals surface area contributed by atoms with E-state index in [9.17, 15) is 14.0 Å². The van der Waals surface area contributed by atoms with Crippen molar-refractivity contribution in [1.82, 2.24) is 0 Å². The molecule has 5 nitrogen and oxygen atoms in total. The summed E-state index contributed by atoms with van der Waals surface area (Å²) in [5.41, 5.74) is 0.610. The maximum atomic E-state index is 13.6. The van der Waals surface area contributed by atoms with Gasteiger partial charge in [0.1, 0.15) is 11.6 Å². The van der Waals surface area contributed by atoms with Crippen molar-refractivity contribution < 1.29 is 23.5 Å². The number of hydrogen-bond donors (Lipinski definition) is 1. The largest absolute Gasteiger partial charge is 0.497 e.